The topological polar surface area (TPSA) is 72.9 Å². The molecule has 31 heavy (non-hydrogen) atoms. The number of carbonyl (C=O) groups excluding carboxylic acids is 1. The van der Waals surface area contributed by atoms with E-state index in [1.165, 1.54) is 0 Å². The molecule has 0 aliphatic carbocycles. The molecule has 0 bridgehead atoms. The van der Waals surface area contributed by atoms with Gasteiger partial charge in [0.2, 0.25) is 0 Å². The van der Waals surface area contributed by atoms with Crippen molar-refractivity contribution in [2.24, 2.45) is 0 Å². The highest BCUT2D eigenvalue weighted by Crippen LogP contribution is 2.27. The summed E-state index contributed by atoms with van der Waals surface area (Å²) in [6.07, 6.45) is 0.420. The molecular weight excluding hydrogens is 414 g/mol. The molecule has 160 valence electrons. The Morgan fingerprint density at radius 2 is 1.52 bits per heavy atom. The maximum absolute atomic E-state index is 13.1. The highest BCUT2D eigenvalue weighted by Gasteiger charge is 2.35. The minimum Gasteiger partial charge on any atom is -0.484 e. The van der Waals surface area contributed by atoms with Crippen molar-refractivity contribution in [3.05, 3.63) is 84.9 Å². The first-order valence-corrected chi connectivity index (χ1v) is 11.9. The number of hydrogen-bond donors (Lipinski definition) is 0. The van der Waals surface area contributed by atoms with Crippen LogP contribution in [0, 0.1) is 0 Å². The molecule has 1 atom stereocenters. The average Bonchev–Trinajstić information content (AvgIpc) is 3.13. The highest BCUT2D eigenvalue weighted by atomic mass is 32.2. The summed E-state index contributed by atoms with van der Waals surface area (Å²) in [5.41, 5.74) is 0.666. The predicted octanol–water partition coefficient (Wildman–Crippen LogP) is 4.08. The smallest absolute Gasteiger partial charge is 0.265 e. The molecule has 1 heterocycles. The Balaban J connectivity index is 1.46. The number of sulfone groups is 1. The lowest BCUT2D eigenvalue weighted by Gasteiger charge is -2.28. The molecule has 0 radical (unpaired) electrons. The molecule has 1 saturated heterocycles. The first-order chi connectivity index (χ1) is 15.0. The van der Waals surface area contributed by atoms with Crippen molar-refractivity contribution in [3.63, 3.8) is 0 Å². The molecule has 0 unspecified atom stereocenters. The Bertz CT molecular complexity index is 1130. The molecule has 4 rings (SSSR count). The zero-order valence-corrected chi connectivity index (χ0v) is 17.7. The van der Waals surface area contributed by atoms with Crippen LogP contribution in [0.5, 0.6) is 17.2 Å². The van der Waals surface area contributed by atoms with Crippen LogP contribution in [0.2, 0.25) is 0 Å². The third-order valence-electron chi connectivity index (χ3n) is 5.02. The third-order valence-corrected chi connectivity index (χ3v) is 6.77. The van der Waals surface area contributed by atoms with E-state index in [0.717, 1.165) is 0 Å². The van der Waals surface area contributed by atoms with E-state index in [2.05, 4.69) is 0 Å². The lowest BCUT2D eigenvalue weighted by atomic mass is 10.2. The van der Waals surface area contributed by atoms with Gasteiger partial charge in [0, 0.05) is 11.8 Å². The third kappa shape index (κ3) is 5.44. The second kappa shape index (κ2) is 9.22. The summed E-state index contributed by atoms with van der Waals surface area (Å²) < 4.78 is 35.5. The van der Waals surface area contributed by atoms with Gasteiger partial charge in [0.1, 0.15) is 17.2 Å². The Hall–Kier alpha value is -3.32. The van der Waals surface area contributed by atoms with E-state index >= 15 is 0 Å². The Morgan fingerprint density at radius 1 is 0.871 bits per heavy atom. The average molecular weight is 438 g/mol. The van der Waals surface area contributed by atoms with Gasteiger partial charge in [-0.15, -0.1) is 0 Å². The fourth-order valence-corrected chi connectivity index (χ4v) is 5.29. The van der Waals surface area contributed by atoms with Gasteiger partial charge >= 0.3 is 0 Å². The number of carbonyl (C=O) groups is 1. The second-order valence-corrected chi connectivity index (χ2v) is 9.56. The lowest BCUT2D eigenvalue weighted by molar-refractivity contribution is -0.121. The summed E-state index contributed by atoms with van der Waals surface area (Å²) in [5.74, 6) is 1.56. The Labute approximate surface area is 182 Å². The van der Waals surface area contributed by atoms with E-state index in [1.54, 1.807) is 41.3 Å². The van der Waals surface area contributed by atoms with Gasteiger partial charge in [-0.25, -0.2) is 8.42 Å². The molecule has 7 heteroatoms. The standard InChI is InChI=1S/C24H23NO5S/c26-24(25(19-8-3-1-4-9-19)20-14-15-31(27,28)18-20)17-29-22-12-7-13-23(16-22)30-21-10-5-2-6-11-21/h1-13,16,20H,14-15,17-18H2/t20-/m0/s1. The van der Waals surface area contributed by atoms with Crippen molar-refractivity contribution in [3.8, 4) is 17.2 Å². The van der Waals surface area contributed by atoms with Gasteiger partial charge in [-0.2, -0.15) is 0 Å². The van der Waals surface area contributed by atoms with Crippen LogP contribution in [0.1, 0.15) is 6.42 Å². The fraction of sp³-hybridized carbons (Fsp3) is 0.208. The SMILES string of the molecule is O=C(COc1cccc(Oc2ccccc2)c1)N(c1ccccc1)[C@H]1CCS(=O)(=O)C1. The second-order valence-electron chi connectivity index (χ2n) is 7.33. The normalized spacial score (nSPS) is 17.1. The molecule has 0 saturated carbocycles. The van der Waals surface area contributed by atoms with Crippen LogP contribution in [-0.2, 0) is 14.6 Å². The highest BCUT2D eigenvalue weighted by molar-refractivity contribution is 7.91. The number of benzene rings is 3. The van der Waals surface area contributed by atoms with Crippen molar-refractivity contribution < 1.29 is 22.7 Å². The summed E-state index contributed by atoms with van der Waals surface area (Å²) in [5, 5.41) is 0. The van der Waals surface area contributed by atoms with Crippen molar-refractivity contribution >= 4 is 21.4 Å². The van der Waals surface area contributed by atoms with Gasteiger partial charge < -0.3 is 14.4 Å². The van der Waals surface area contributed by atoms with E-state index in [-0.39, 0.29) is 24.0 Å². The van der Waals surface area contributed by atoms with E-state index in [0.29, 0.717) is 29.4 Å². The maximum Gasteiger partial charge on any atom is 0.265 e. The molecule has 1 fully saturated rings. The van der Waals surface area contributed by atoms with Crippen molar-refractivity contribution in [1.82, 2.24) is 0 Å². The number of anilines is 1. The van der Waals surface area contributed by atoms with Gasteiger partial charge in [-0.05, 0) is 42.8 Å². The van der Waals surface area contributed by atoms with E-state index in [4.69, 9.17) is 9.47 Å². The van der Waals surface area contributed by atoms with Crippen molar-refractivity contribution in [2.45, 2.75) is 12.5 Å². The van der Waals surface area contributed by atoms with E-state index in [1.807, 2.05) is 48.5 Å². The number of nitrogens with zero attached hydrogens (tertiary/aromatic N) is 1. The fourth-order valence-electron chi connectivity index (χ4n) is 3.59. The Kier molecular flexibility index (Phi) is 6.23. The molecule has 3 aromatic carbocycles. The quantitative estimate of drug-likeness (QED) is 0.557. The maximum atomic E-state index is 13.1. The molecule has 3 aromatic rings. The minimum absolute atomic E-state index is 0.0337. The number of rotatable bonds is 7. The van der Waals surface area contributed by atoms with Gasteiger partial charge in [0.25, 0.3) is 5.91 Å². The monoisotopic (exact) mass is 437 g/mol. The Morgan fingerprint density at radius 3 is 2.19 bits per heavy atom. The number of ether oxygens (including phenoxy) is 2. The minimum atomic E-state index is -3.14. The molecule has 0 N–H and O–H groups in total. The van der Waals surface area contributed by atoms with Crippen LogP contribution >= 0.6 is 0 Å². The van der Waals surface area contributed by atoms with Crippen LogP contribution < -0.4 is 14.4 Å². The molecule has 1 aliphatic rings. The first kappa shape index (κ1) is 20.9. The van der Waals surface area contributed by atoms with E-state index < -0.39 is 15.9 Å². The van der Waals surface area contributed by atoms with Gasteiger partial charge in [0.05, 0.1) is 17.5 Å². The van der Waals surface area contributed by atoms with Crippen LogP contribution in [0.15, 0.2) is 84.9 Å². The molecule has 1 aliphatic heterocycles. The zero-order valence-electron chi connectivity index (χ0n) is 16.9. The van der Waals surface area contributed by atoms with E-state index in [9.17, 15) is 13.2 Å². The van der Waals surface area contributed by atoms with Crippen molar-refractivity contribution in [1.29, 1.82) is 0 Å². The summed E-state index contributed by atoms with van der Waals surface area (Å²) in [4.78, 5) is 14.6. The van der Waals surface area contributed by atoms with Crippen LogP contribution in [0.3, 0.4) is 0 Å². The van der Waals surface area contributed by atoms with Gasteiger partial charge in [-0.1, -0.05) is 42.5 Å². The first-order valence-electron chi connectivity index (χ1n) is 10.0. The molecule has 1 amide bonds. The van der Waals surface area contributed by atoms with Crippen LogP contribution in [-0.4, -0.2) is 38.5 Å². The summed E-state index contributed by atoms with van der Waals surface area (Å²) in [7, 11) is -3.14. The van der Waals surface area contributed by atoms with Crippen molar-refractivity contribution in [2.75, 3.05) is 23.0 Å². The lowest BCUT2D eigenvalue weighted by Crippen LogP contribution is -2.43. The summed E-state index contributed by atoms with van der Waals surface area (Å²) in [6.45, 7) is -0.208. The molecule has 0 spiro atoms. The zero-order chi connectivity index (χ0) is 21.7. The van der Waals surface area contributed by atoms with Gasteiger partial charge in [0.15, 0.2) is 16.4 Å². The summed E-state index contributed by atoms with van der Waals surface area (Å²) in [6, 6.07) is 25.2. The number of para-hydroxylation sites is 2. The predicted molar refractivity (Wildman–Crippen MR) is 119 cm³/mol. The number of hydrogen-bond acceptors (Lipinski definition) is 5. The molecule has 6 nitrogen and oxygen atoms in total. The largest absolute Gasteiger partial charge is 0.484 e. The number of amides is 1. The summed E-state index contributed by atoms with van der Waals surface area (Å²) >= 11 is 0. The van der Waals surface area contributed by atoms with Crippen LogP contribution in [0.25, 0.3) is 0 Å². The van der Waals surface area contributed by atoms with Crippen LogP contribution in [0.4, 0.5) is 5.69 Å². The molecular formula is C24H23NO5S. The van der Waals surface area contributed by atoms with Gasteiger partial charge in [-0.3, -0.25) is 4.79 Å². The molecule has 0 aromatic heterocycles.